The normalized spacial score (nSPS) is 12.1. The van der Waals surface area contributed by atoms with E-state index in [1.807, 2.05) is 19.1 Å². The van der Waals surface area contributed by atoms with Gasteiger partial charge in [0.15, 0.2) is 5.58 Å². The summed E-state index contributed by atoms with van der Waals surface area (Å²) in [6.07, 6.45) is 2.43. The molecule has 1 amide bonds. The first-order valence-corrected chi connectivity index (χ1v) is 10.4. The molecule has 0 aliphatic carbocycles. The SMILES string of the molecule is CC(CCc1ccc(Br)cc1)NC(=O)CCCn1c(=O)oc2cc([N+](=O)[O-])ccc21. The lowest BCUT2D eigenvalue weighted by Crippen LogP contribution is -2.33. The van der Waals surface area contributed by atoms with E-state index in [1.54, 1.807) is 0 Å². The second-order valence-electron chi connectivity index (χ2n) is 7.17. The summed E-state index contributed by atoms with van der Waals surface area (Å²) < 4.78 is 7.52. The van der Waals surface area contributed by atoms with Crippen LogP contribution in [0.15, 0.2) is 56.1 Å². The number of carbonyl (C=O) groups is 1. The van der Waals surface area contributed by atoms with Crippen LogP contribution in [-0.2, 0) is 17.8 Å². The molecule has 1 unspecified atom stereocenters. The molecule has 30 heavy (non-hydrogen) atoms. The molecule has 0 bridgehead atoms. The molecule has 3 rings (SSSR count). The lowest BCUT2D eigenvalue weighted by Gasteiger charge is -2.14. The summed E-state index contributed by atoms with van der Waals surface area (Å²) in [5, 5.41) is 13.8. The number of nitrogens with one attached hydrogen (secondary N) is 1. The van der Waals surface area contributed by atoms with E-state index in [-0.39, 0.29) is 29.6 Å². The van der Waals surface area contributed by atoms with Crippen LogP contribution in [0.5, 0.6) is 0 Å². The minimum Gasteiger partial charge on any atom is -0.407 e. The van der Waals surface area contributed by atoms with Gasteiger partial charge < -0.3 is 9.73 Å². The molecule has 0 saturated heterocycles. The molecule has 1 aromatic heterocycles. The van der Waals surface area contributed by atoms with Crippen molar-refractivity contribution in [2.75, 3.05) is 0 Å². The predicted molar refractivity (Wildman–Crippen MR) is 116 cm³/mol. The second-order valence-corrected chi connectivity index (χ2v) is 8.08. The number of benzene rings is 2. The number of aromatic nitrogens is 1. The number of halogens is 1. The summed E-state index contributed by atoms with van der Waals surface area (Å²) in [4.78, 5) is 34.5. The van der Waals surface area contributed by atoms with Crippen molar-refractivity contribution in [1.82, 2.24) is 9.88 Å². The van der Waals surface area contributed by atoms with Gasteiger partial charge >= 0.3 is 5.76 Å². The third kappa shape index (κ3) is 5.56. The second kappa shape index (κ2) is 9.71. The molecule has 1 N–H and O–H groups in total. The Balaban J connectivity index is 1.48. The Hall–Kier alpha value is -2.94. The average molecular weight is 476 g/mol. The fraction of sp³-hybridized carbons (Fsp3) is 0.333. The molecular formula is C21H22BrN3O5. The Morgan fingerprint density at radius 3 is 2.70 bits per heavy atom. The van der Waals surface area contributed by atoms with Crippen LogP contribution in [0, 0.1) is 10.1 Å². The van der Waals surface area contributed by atoms with Crippen LogP contribution in [0.4, 0.5) is 5.69 Å². The summed E-state index contributed by atoms with van der Waals surface area (Å²) in [5.41, 5.74) is 1.72. The number of nitro groups is 1. The Morgan fingerprint density at radius 2 is 2.00 bits per heavy atom. The molecule has 1 atom stereocenters. The number of amides is 1. The number of aryl methyl sites for hydroxylation is 2. The molecule has 0 aliphatic rings. The van der Waals surface area contributed by atoms with Gasteiger partial charge in [0, 0.05) is 29.5 Å². The minimum atomic E-state index is -0.589. The van der Waals surface area contributed by atoms with E-state index in [4.69, 9.17) is 4.42 Å². The molecule has 0 fully saturated rings. The van der Waals surface area contributed by atoms with Crippen LogP contribution in [0.3, 0.4) is 0 Å². The minimum absolute atomic E-state index is 0.0409. The van der Waals surface area contributed by atoms with Gasteiger partial charge in [0.25, 0.3) is 5.69 Å². The standard InChI is InChI=1S/C21H22BrN3O5/c1-14(4-5-15-6-8-16(22)9-7-15)23-20(26)3-2-12-24-18-11-10-17(25(28)29)13-19(18)30-21(24)27/h6-11,13-14H,2-5,12H2,1H3,(H,23,26). The zero-order valence-corrected chi connectivity index (χ0v) is 18.1. The molecule has 0 saturated carbocycles. The number of oxazole rings is 1. The number of hydrogen-bond acceptors (Lipinski definition) is 5. The average Bonchev–Trinajstić information content (AvgIpc) is 3.02. The van der Waals surface area contributed by atoms with Gasteiger partial charge in [-0.25, -0.2) is 4.79 Å². The van der Waals surface area contributed by atoms with Crippen molar-refractivity contribution < 1.29 is 14.1 Å². The van der Waals surface area contributed by atoms with Gasteiger partial charge in [0.1, 0.15) is 0 Å². The summed E-state index contributed by atoms with van der Waals surface area (Å²) in [7, 11) is 0. The summed E-state index contributed by atoms with van der Waals surface area (Å²) in [5.74, 6) is -0.663. The smallest absolute Gasteiger partial charge is 0.407 e. The summed E-state index contributed by atoms with van der Waals surface area (Å²) >= 11 is 3.41. The number of hydrogen-bond donors (Lipinski definition) is 1. The van der Waals surface area contributed by atoms with Gasteiger partial charge in [-0.1, -0.05) is 28.1 Å². The van der Waals surface area contributed by atoms with Crippen LogP contribution in [0.2, 0.25) is 0 Å². The molecule has 0 spiro atoms. The number of nitro benzene ring substituents is 1. The first-order chi connectivity index (χ1) is 14.3. The Bertz CT molecular complexity index is 1100. The van der Waals surface area contributed by atoms with E-state index in [0.29, 0.717) is 18.5 Å². The fourth-order valence-electron chi connectivity index (χ4n) is 3.23. The Kier molecular flexibility index (Phi) is 7.04. The third-order valence-electron chi connectivity index (χ3n) is 4.83. The van der Waals surface area contributed by atoms with Crippen LogP contribution < -0.4 is 11.1 Å². The molecule has 0 radical (unpaired) electrons. The zero-order chi connectivity index (χ0) is 21.7. The van der Waals surface area contributed by atoms with Crippen molar-refractivity contribution in [3.05, 3.63) is 73.2 Å². The van der Waals surface area contributed by atoms with Gasteiger partial charge in [-0.15, -0.1) is 0 Å². The van der Waals surface area contributed by atoms with Crippen molar-refractivity contribution in [3.8, 4) is 0 Å². The number of carbonyl (C=O) groups excluding carboxylic acids is 1. The maximum absolute atomic E-state index is 12.2. The van der Waals surface area contributed by atoms with Crippen molar-refractivity contribution in [2.45, 2.75) is 45.2 Å². The van der Waals surface area contributed by atoms with Crippen LogP contribution in [0.1, 0.15) is 31.7 Å². The van der Waals surface area contributed by atoms with Crippen molar-refractivity contribution in [3.63, 3.8) is 0 Å². The highest BCUT2D eigenvalue weighted by Crippen LogP contribution is 2.20. The number of fused-ring (bicyclic) bond motifs is 1. The molecular weight excluding hydrogens is 454 g/mol. The van der Waals surface area contributed by atoms with Gasteiger partial charge in [0.05, 0.1) is 16.5 Å². The molecule has 2 aromatic carbocycles. The first-order valence-electron chi connectivity index (χ1n) is 9.65. The van der Waals surface area contributed by atoms with E-state index < -0.39 is 10.7 Å². The Morgan fingerprint density at radius 1 is 1.27 bits per heavy atom. The van der Waals surface area contributed by atoms with E-state index in [1.165, 1.54) is 28.3 Å². The van der Waals surface area contributed by atoms with E-state index >= 15 is 0 Å². The monoisotopic (exact) mass is 475 g/mol. The van der Waals surface area contributed by atoms with Gasteiger partial charge in [-0.2, -0.15) is 0 Å². The van der Waals surface area contributed by atoms with Crippen LogP contribution in [-0.4, -0.2) is 21.4 Å². The van der Waals surface area contributed by atoms with E-state index in [9.17, 15) is 19.7 Å². The molecule has 9 heteroatoms. The van der Waals surface area contributed by atoms with Crippen LogP contribution >= 0.6 is 15.9 Å². The number of nitrogens with zero attached hydrogens (tertiary/aromatic N) is 2. The van der Waals surface area contributed by atoms with E-state index in [2.05, 4.69) is 33.4 Å². The Labute approximate surface area is 181 Å². The highest BCUT2D eigenvalue weighted by molar-refractivity contribution is 9.10. The predicted octanol–water partition coefficient (Wildman–Crippen LogP) is 4.18. The van der Waals surface area contributed by atoms with Crippen molar-refractivity contribution in [2.24, 2.45) is 0 Å². The first kappa shape index (κ1) is 21.8. The lowest BCUT2D eigenvalue weighted by atomic mass is 10.1. The molecule has 1 heterocycles. The van der Waals surface area contributed by atoms with Gasteiger partial charge in [-0.05, 0) is 49.9 Å². The maximum Gasteiger partial charge on any atom is 0.419 e. The van der Waals surface area contributed by atoms with Crippen molar-refractivity contribution >= 4 is 38.6 Å². The number of rotatable bonds is 9. The summed E-state index contributed by atoms with van der Waals surface area (Å²) in [6.45, 7) is 2.27. The van der Waals surface area contributed by atoms with E-state index in [0.717, 1.165) is 17.3 Å². The highest BCUT2D eigenvalue weighted by atomic mass is 79.9. The molecule has 0 aliphatic heterocycles. The largest absolute Gasteiger partial charge is 0.419 e. The fourth-order valence-corrected chi connectivity index (χ4v) is 3.50. The van der Waals surface area contributed by atoms with Gasteiger partial charge in [-0.3, -0.25) is 19.5 Å². The van der Waals surface area contributed by atoms with Crippen molar-refractivity contribution in [1.29, 1.82) is 0 Å². The molecule has 158 valence electrons. The highest BCUT2D eigenvalue weighted by Gasteiger charge is 2.14. The number of non-ortho nitro benzene ring substituents is 1. The quantitative estimate of drug-likeness (QED) is 0.368. The zero-order valence-electron chi connectivity index (χ0n) is 16.5. The topological polar surface area (TPSA) is 107 Å². The summed E-state index contributed by atoms with van der Waals surface area (Å²) in [6, 6.07) is 12.2. The maximum atomic E-state index is 12.2. The van der Waals surface area contributed by atoms with Crippen LogP contribution in [0.25, 0.3) is 11.1 Å². The molecule has 3 aromatic rings. The molecule has 8 nitrogen and oxygen atoms in total. The van der Waals surface area contributed by atoms with Gasteiger partial charge in [0.2, 0.25) is 5.91 Å². The third-order valence-corrected chi connectivity index (χ3v) is 5.36. The lowest BCUT2D eigenvalue weighted by molar-refractivity contribution is -0.384.